The van der Waals surface area contributed by atoms with Crippen LogP contribution in [0.25, 0.3) is 0 Å². The molecule has 34 heavy (non-hydrogen) atoms. The largest absolute Gasteiger partial charge is 0.377 e. The smallest absolute Gasteiger partial charge is 0.261 e. The molecule has 0 saturated carbocycles. The maximum absolute atomic E-state index is 13.4. The van der Waals surface area contributed by atoms with Crippen molar-refractivity contribution in [3.8, 4) is 0 Å². The summed E-state index contributed by atoms with van der Waals surface area (Å²) in [6.07, 6.45) is 0.134. The second-order valence-electron chi connectivity index (χ2n) is 8.41. The Balaban J connectivity index is 1.56. The third-order valence-corrected chi connectivity index (χ3v) is 7.28. The van der Waals surface area contributed by atoms with Crippen LogP contribution in [-0.2, 0) is 10.0 Å². The van der Waals surface area contributed by atoms with Gasteiger partial charge in [-0.15, -0.1) is 0 Å². The first-order valence-corrected chi connectivity index (χ1v) is 12.5. The predicted octanol–water partition coefficient (Wildman–Crippen LogP) is 5.86. The van der Waals surface area contributed by atoms with E-state index in [0.717, 1.165) is 11.6 Å². The van der Waals surface area contributed by atoms with Crippen molar-refractivity contribution in [1.29, 1.82) is 0 Å². The Hall–Kier alpha value is -3.23. The van der Waals surface area contributed by atoms with Crippen molar-refractivity contribution in [2.24, 2.45) is 5.92 Å². The van der Waals surface area contributed by atoms with Gasteiger partial charge >= 0.3 is 0 Å². The highest BCUT2D eigenvalue weighted by molar-refractivity contribution is 7.92. The topological polar surface area (TPSA) is 92.3 Å². The molecule has 0 radical (unpaired) electrons. The standard InChI is InChI=1S/C25H22ClFN2O4S/c1-14(2)25(31)16-5-3-15(4-6-16)23-13-24(30)19-12-18(8-10-22(19)28-23)34(32,33)29-17-7-9-21(27)20(26)11-17/h3-12,14,23,28-29H,13H2,1-2H3. The molecule has 2 N–H and O–H groups in total. The van der Waals surface area contributed by atoms with Gasteiger partial charge in [-0.25, -0.2) is 12.8 Å². The number of anilines is 2. The fourth-order valence-electron chi connectivity index (χ4n) is 3.77. The Bertz CT molecular complexity index is 1390. The minimum Gasteiger partial charge on any atom is -0.377 e. The van der Waals surface area contributed by atoms with Crippen LogP contribution in [-0.4, -0.2) is 20.0 Å². The number of sulfonamides is 1. The number of halogens is 2. The molecule has 0 bridgehead atoms. The molecule has 0 amide bonds. The average molecular weight is 501 g/mol. The summed E-state index contributed by atoms with van der Waals surface area (Å²) in [5.41, 5.74) is 2.36. The van der Waals surface area contributed by atoms with Crippen molar-refractivity contribution in [2.75, 3.05) is 10.0 Å². The van der Waals surface area contributed by atoms with Crippen LogP contribution in [0.2, 0.25) is 5.02 Å². The number of benzene rings is 3. The lowest BCUT2D eigenvalue weighted by molar-refractivity contribution is 0.0937. The number of hydrogen-bond donors (Lipinski definition) is 2. The molecule has 1 heterocycles. The molecule has 1 aliphatic heterocycles. The lowest BCUT2D eigenvalue weighted by atomic mass is 9.91. The van der Waals surface area contributed by atoms with Gasteiger partial charge in [0.15, 0.2) is 11.6 Å². The van der Waals surface area contributed by atoms with Gasteiger partial charge in [-0.05, 0) is 42.0 Å². The van der Waals surface area contributed by atoms with E-state index in [0.29, 0.717) is 11.3 Å². The van der Waals surface area contributed by atoms with Crippen LogP contribution in [0.5, 0.6) is 0 Å². The summed E-state index contributed by atoms with van der Waals surface area (Å²) in [4.78, 5) is 24.9. The number of Topliss-reactive ketones (excluding diaryl/α,β-unsaturated/α-hetero) is 2. The molecule has 3 aromatic carbocycles. The molecule has 1 atom stereocenters. The van der Waals surface area contributed by atoms with Gasteiger partial charge in [0.1, 0.15) is 5.82 Å². The molecule has 9 heteroatoms. The van der Waals surface area contributed by atoms with E-state index in [9.17, 15) is 22.4 Å². The highest BCUT2D eigenvalue weighted by Crippen LogP contribution is 2.34. The summed E-state index contributed by atoms with van der Waals surface area (Å²) < 4.78 is 41.3. The van der Waals surface area contributed by atoms with Crippen LogP contribution in [0.1, 0.15) is 52.6 Å². The zero-order chi connectivity index (χ0) is 24.6. The van der Waals surface area contributed by atoms with Crippen LogP contribution in [0.15, 0.2) is 65.6 Å². The SMILES string of the molecule is CC(C)C(=O)c1ccc(C2CC(=O)c3cc(S(=O)(=O)Nc4ccc(F)c(Cl)c4)ccc3N2)cc1. The molecule has 0 spiro atoms. The van der Waals surface area contributed by atoms with E-state index in [1.54, 1.807) is 18.2 Å². The highest BCUT2D eigenvalue weighted by atomic mass is 35.5. The van der Waals surface area contributed by atoms with Crippen LogP contribution in [0, 0.1) is 11.7 Å². The molecule has 176 valence electrons. The maximum Gasteiger partial charge on any atom is 0.261 e. The zero-order valence-electron chi connectivity index (χ0n) is 18.4. The first kappa shape index (κ1) is 23.9. The monoisotopic (exact) mass is 500 g/mol. The minimum atomic E-state index is -4.03. The second kappa shape index (κ2) is 9.19. The third-order valence-electron chi connectivity index (χ3n) is 5.61. The number of carbonyl (C=O) groups is 2. The molecule has 0 aromatic heterocycles. The normalized spacial score (nSPS) is 15.6. The quantitative estimate of drug-likeness (QED) is 0.414. The Labute approximate surface area is 202 Å². The van der Waals surface area contributed by atoms with Gasteiger partial charge in [-0.3, -0.25) is 14.3 Å². The minimum absolute atomic E-state index is 0.0508. The van der Waals surface area contributed by atoms with Crippen LogP contribution >= 0.6 is 11.6 Å². The molecular formula is C25H22ClFN2O4S. The van der Waals surface area contributed by atoms with E-state index in [-0.39, 0.29) is 51.1 Å². The molecule has 3 aromatic rings. The first-order valence-electron chi connectivity index (χ1n) is 10.6. The van der Waals surface area contributed by atoms with Crippen molar-refractivity contribution < 1.29 is 22.4 Å². The first-order chi connectivity index (χ1) is 16.0. The van der Waals surface area contributed by atoms with Gasteiger partial charge in [0.2, 0.25) is 0 Å². The van der Waals surface area contributed by atoms with E-state index in [2.05, 4.69) is 10.0 Å². The summed E-state index contributed by atoms with van der Waals surface area (Å²) in [5.74, 6) is -0.921. The maximum atomic E-state index is 13.4. The zero-order valence-corrected chi connectivity index (χ0v) is 20.0. The Morgan fingerprint density at radius 1 is 1.09 bits per heavy atom. The van der Waals surface area contributed by atoms with Gasteiger partial charge in [0.05, 0.1) is 21.6 Å². The summed E-state index contributed by atoms with van der Waals surface area (Å²) >= 11 is 5.73. The molecule has 1 aliphatic rings. The number of fused-ring (bicyclic) bond motifs is 1. The van der Waals surface area contributed by atoms with Crippen LogP contribution in [0.4, 0.5) is 15.8 Å². The van der Waals surface area contributed by atoms with E-state index < -0.39 is 15.8 Å². The summed E-state index contributed by atoms with van der Waals surface area (Å²) in [7, 11) is -4.03. The van der Waals surface area contributed by atoms with Gasteiger partial charge in [-0.1, -0.05) is 49.7 Å². The van der Waals surface area contributed by atoms with Crippen LogP contribution < -0.4 is 10.0 Å². The fraction of sp³-hybridized carbons (Fsp3) is 0.200. The number of nitrogens with one attached hydrogen (secondary N) is 2. The van der Waals surface area contributed by atoms with E-state index >= 15 is 0 Å². The molecule has 4 rings (SSSR count). The molecule has 6 nitrogen and oxygen atoms in total. The van der Waals surface area contributed by atoms with Gasteiger partial charge in [-0.2, -0.15) is 0 Å². The number of ketones is 2. The Morgan fingerprint density at radius 3 is 2.44 bits per heavy atom. The van der Waals surface area contributed by atoms with Crippen molar-refractivity contribution in [3.63, 3.8) is 0 Å². The molecule has 0 fully saturated rings. The van der Waals surface area contributed by atoms with Crippen molar-refractivity contribution in [2.45, 2.75) is 31.2 Å². The lowest BCUT2D eigenvalue weighted by Gasteiger charge is -2.27. The average Bonchev–Trinajstić information content (AvgIpc) is 2.80. The summed E-state index contributed by atoms with van der Waals surface area (Å²) in [5, 5.41) is 3.07. The lowest BCUT2D eigenvalue weighted by Crippen LogP contribution is -2.24. The van der Waals surface area contributed by atoms with Crippen molar-refractivity contribution in [1.82, 2.24) is 0 Å². The van der Waals surface area contributed by atoms with E-state index in [1.165, 1.54) is 24.3 Å². The van der Waals surface area contributed by atoms with E-state index in [1.807, 2.05) is 26.0 Å². The molecular weight excluding hydrogens is 479 g/mol. The van der Waals surface area contributed by atoms with Crippen LogP contribution in [0.3, 0.4) is 0 Å². The number of carbonyl (C=O) groups excluding carboxylic acids is 2. The highest BCUT2D eigenvalue weighted by Gasteiger charge is 2.28. The van der Waals surface area contributed by atoms with Crippen molar-refractivity contribution in [3.05, 3.63) is 88.2 Å². The number of hydrogen-bond acceptors (Lipinski definition) is 5. The third kappa shape index (κ3) is 4.83. The Kier molecular flexibility index (Phi) is 6.47. The van der Waals surface area contributed by atoms with Gasteiger partial charge < -0.3 is 5.32 Å². The van der Waals surface area contributed by atoms with E-state index in [4.69, 9.17) is 11.6 Å². The molecule has 1 unspecified atom stereocenters. The predicted molar refractivity (Wildman–Crippen MR) is 130 cm³/mol. The summed E-state index contributed by atoms with van der Waals surface area (Å²) in [6, 6.07) is 14.6. The van der Waals surface area contributed by atoms with Gasteiger partial charge in [0.25, 0.3) is 10.0 Å². The second-order valence-corrected chi connectivity index (χ2v) is 10.5. The van der Waals surface area contributed by atoms with Crippen molar-refractivity contribution >= 4 is 44.6 Å². The fourth-order valence-corrected chi connectivity index (χ4v) is 5.02. The Morgan fingerprint density at radius 2 is 1.79 bits per heavy atom. The molecule has 0 saturated heterocycles. The van der Waals surface area contributed by atoms with Gasteiger partial charge in [0, 0.05) is 29.2 Å². The molecule has 0 aliphatic carbocycles. The summed E-state index contributed by atoms with van der Waals surface area (Å²) in [6.45, 7) is 3.68. The number of rotatable bonds is 6.